The molecule has 0 aliphatic rings. The van der Waals surface area contributed by atoms with Crippen LogP contribution >= 0.6 is 11.3 Å². The summed E-state index contributed by atoms with van der Waals surface area (Å²) in [6.07, 6.45) is 3.07. The van der Waals surface area contributed by atoms with Gasteiger partial charge >= 0.3 is 0 Å². The number of aromatic nitrogens is 5. The minimum absolute atomic E-state index is 0.191. The first-order chi connectivity index (χ1) is 13.0. The second kappa shape index (κ2) is 6.76. The molecule has 4 heterocycles. The molecular weight excluding hydrogens is 364 g/mol. The van der Waals surface area contributed by atoms with Crippen molar-refractivity contribution in [2.45, 2.75) is 20.8 Å². The van der Waals surface area contributed by atoms with E-state index in [-0.39, 0.29) is 11.6 Å². The minimum Gasteiger partial charge on any atom is -0.355 e. The molecule has 0 saturated carbocycles. The second-order valence-corrected chi connectivity index (χ2v) is 6.93. The van der Waals surface area contributed by atoms with E-state index in [0.29, 0.717) is 17.4 Å². The van der Waals surface area contributed by atoms with Gasteiger partial charge in [0, 0.05) is 11.8 Å². The Hall–Kier alpha value is -3.33. The van der Waals surface area contributed by atoms with Crippen LogP contribution in [-0.2, 0) is 0 Å². The van der Waals surface area contributed by atoms with Crippen LogP contribution in [0.25, 0.3) is 16.6 Å². The van der Waals surface area contributed by atoms with Gasteiger partial charge < -0.3 is 9.84 Å². The number of nitrogens with one attached hydrogen (secondary N) is 1. The summed E-state index contributed by atoms with van der Waals surface area (Å²) in [7, 11) is 0. The second-order valence-electron chi connectivity index (χ2n) is 5.99. The molecule has 27 heavy (non-hydrogen) atoms. The summed E-state index contributed by atoms with van der Waals surface area (Å²) in [6.45, 7) is 5.91. The van der Waals surface area contributed by atoms with Gasteiger partial charge in [-0.15, -0.1) is 11.3 Å². The number of rotatable bonds is 4. The summed E-state index contributed by atoms with van der Waals surface area (Å²) in [6, 6.07) is 5.42. The van der Waals surface area contributed by atoms with E-state index < -0.39 is 0 Å². The molecule has 0 spiro atoms. The monoisotopic (exact) mass is 380 g/mol. The maximum absolute atomic E-state index is 12.4. The number of aryl methyl sites for hydroxylation is 1. The lowest BCUT2D eigenvalue weighted by Gasteiger charge is -2.05. The molecule has 0 bridgehead atoms. The SMILES string of the molecule is Cc1nn(-c2ncc(NC(=O)c3cc(-c4cccs4)on3)cn2)c(C)c1C. The number of amides is 1. The smallest absolute Gasteiger partial charge is 0.277 e. The van der Waals surface area contributed by atoms with Crippen molar-refractivity contribution < 1.29 is 9.32 Å². The molecule has 0 atom stereocenters. The fraction of sp³-hybridized carbons (Fsp3) is 0.167. The number of carbonyl (C=O) groups is 1. The number of nitrogens with zero attached hydrogens (tertiary/aromatic N) is 5. The van der Waals surface area contributed by atoms with Crippen molar-refractivity contribution in [2.75, 3.05) is 5.32 Å². The maximum atomic E-state index is 12.4. The van der Waals surface area contributed by atoms with Crippen molar-refractivity contribution in [3.63, 3.8) is 0 Å². The fourth-order valence-corrected chi connectivity index (χ4v) is 3.20. The van der Waals surface area contributed by atoms with Gasteiger partial charge in [0.05, 0.1) is 28.7 Å². The zero-order valence-electron chi connectivity index (χ0n) is 14.9. The summed E-state index contributed by atoms with van der Waals surface area (Å²) in [5, 5.41) is 12.9. The van der Waals surface area contributed by atoms with Gasteiger partial charge in [0.1, 0.15) is 0 Å². The number of carbonyl (C=O) groups excluding carboxylic acids is 1. The Balaban J connectivity index is 1.50. The standard InChI is InChI=1S/C18H16N6O2S/c1-10-11(2)22-24(12(10)3)18-19-8-13(9-20-18)21-17(25)14-7-15(26-23-14)16-5-4-6-27-16/h4-9H,1-3H3,(H,21,25). The van der Waals surface area contributed by atoms with Crippen molar-refractivity contribution >= 4 is 22.9 Å². The lowest BCUT2D eigenvalue weighted by molar-refractivity contribution is 0.101. The first-order valence-corrected chi connectivity index (χ1v) is 9.08. The molecule has 8 nitrogen and oxygen atoms in total. The zero-order valence-corrected chi connectivity index (χ0v) is 15.7. The van der Waals surface area contributed by atoms with Crippen molar-refractivity contribution in [3.05, 3.63) is 58.6 Å². The lowest BCUT2D eigenvalue weighted by atomic mass is 10.2. The fourth-order valence-electron chi connectivity index (χ4n) is 2.52. The normalized spacial score (nSPS) is 10.9. The highest BCUT2D eigenvalue weighted by Gasteiger charge is 2.15. The van der Waals surface area contributed by atoms with Crippen LogP contribution in [0.4, 0.5) is 5.69 Å². The summed E-state index contributed by atoms with van der Waals surface area (Å²) >= 11 is 1.51. The molecule has 0 aromatic carbocycles. The van der Waals surface area contributed by atoms with E-state index in [1.165, 1.54) is 23.7 Å². The quantitative estimate of drug-likeness (QED) is 0.581. The van der Waals surface area contributed by atoms with Crippen LogP contribution in [0, 0.1) is 20.8 Å². The van der Waals surface area contributed by atoms with Crippen LogP contribution in [0.5, 0.6) is 0 Å². The van der Waals surface area contributed by atoms with E-state index in [0.717, 1.165) is 21.8 Å². The molecule has 0 aliphatic heterocycles. The third-order valence-corrected chi connectivity index (χ3v) is 5.13. The first-order valence-electron chi connectivity index (χ1n) is 8.20. The summed E-state index contributed by atoms with van der Waals surface area (Å²) < 4.78 is 6.91. The number of hydrogen-bond donors (Lipinski definition) is 1. The van der Waals surface area contributed by atoms with Gasteiger partial charge in [-0.05, 0) is 37.8 Å². The average Bonchev–Trinajstić information content (AvgIpc) is 3.40. The van der Waals surface area contributed by atoms with Gasteiger partial charge in [-0.2, -0.15) is 5.10 Å². The molecule has 4 aromatic rings. The molecule has 0 radical (unpaired) electrons. The predicted molar refractivity (Wildman–Crippen MR) is 101 cm³/mol. The molecule has 0 fully saturated rings. The average molecular weight is 380 g/mol. The largest absolute Gasteiger partial charge is 0.355 e. The van der Waals surface area contributed by atoms with Gasteiger partial charge in [0.15, 0.2) is 11.5 Å². The molecule has 0 unspecified atom stereocenters. The van der Waals surface area contributed by atoms with Crippen molar-refractivity contribution in [3.8, 4) is 16.6 Å². The molecular formula is C18H16N6O2S. The van der Waals surface area contributed by atoms with Gasteiger partial charge in [-0.25, -0.2) is 14.6 Å². The molecule has 1 N–H and O–H groups in total. The Bertz CT molecular complexity index is 1100. The third kappa shape index (κ3) is 3.24. The Morgan fingerprint density at radius 3 is 2.63 bits per heavy atom. The van der Waals surface area contributed by atoms with Crippen LogP contribution in [0.15, 0.2) is 40.5 Å². The van der Waals surface area contributed by atoms with Crippen molar-refractivity contribution in [1.29, 1.82) is 0 Å². The highest BCUT2D eigenvalue weighted by Crippen LogP contribution is 2.25. The minimum atomic E-state index is -0.389. The van der Waals surface area contributed by atoms with Crippen LogP contribution in [0.1, 0.15) is 27.4 Å². The molecule has 9 heteroatoms. The summed E-state index contributed by atoms with van der Waals surface area (Å²) in [4.78, 5) is 21.8. The van der Waals surface area contributed by atoms with E-state index in [1.54, 1.807) is 10.7 Å². The van der Waals surface area contributed by atoms with Gasteiger partial charge in [-0.1, -0.05) is 11.2 Å². The molecule has 0 saturated heterocycles. The number of hydrogen-bond acceptors (Lipinski definition) is 7. The molecule has 4 rings (SSSR count). The van der Waals surface area contributed by atoms with E-state index in [1.807, 2.05) is 38.3 Å². The Kier molecular flexibility index (Phi) is 4.28. The van der Waals surface area contributed by atoms with Crippen LogP contribution in [0.3, 0.4) is 0 Å². The van der Waals surface area contributed by atoms with Crippen LogP contribution < -0.4 is 5.32 Å². The Morgan fingerprint density at radius 1 is 1.22 bits per heavy atom. The Labute approximate surface area is 158 Å². The number of anilines is 1. The third-order valence-electron chi connectivity index (χ3n) is 4.25. The first kappa shape index (κ1) is 17.1. The van der Waals surface area contributed by atoms with Gasteiger partial charge in [0.25, 0.3) is 11.9 Å². The van der Waals surface area contributed by atoms with E-state index >= 15 is 0 Å². The van der Waals surface area contributed by atoms with Crippen LogP contribution in [0.2, 0.25) is 0 Å². The molecule has 136 valence electrons. The van der Waals surface area contributed by atoms with E-state index in [2.05, 4.69) is 25.5 Å². The predicted octanol–water partition coefficient (Wildman–Crippen LogP) is 3.56. The van der Waals surface area contributed by atoms with Crippen molar-refractivity contribution in [1.82, 2.24) is 24.9 Å². The Morgan fingerprint density at radius 2 is 2.00 bits per heavy atom. The van der Waals surface area contributed by atoms with E-state index in [9.17, 15) is 4.79 Å². The van der Waals surface area contributed by atoms with Crippen molar-refractivity contribution in [2.24, 2.45) is 0 Å². The summed E-state index contributed by atoms with van der Waals surface area (Å²) in [5.41, 5.74) is 3.66. The maximum Gasteiger partial charge on any atom is 0.277 e. The summed E-state index contributed by atoms with van der Waals surface area (Å²) in [5.74, 6) is 0.615. The number of thiophene rings is 1. The molecule has 1 amide bonds. The van der Waals surface area contributed by atoms with Gasteiger partial charge in [0.2, 0.25) is 0 Å². The van der Waals surface area contributed by atoms with Gasteiger partial charge in [-0.3, -0.25) is 4.79 Å². The highest BCUT2D eigenvalue weighted by molar-refractivity contribution is 7.13. The van der Waals surface area contributed by atoms with E-state index in [4.69, 9.17) is 4.52 Å². The topological polar surface area (TPSA) is 98.7 Å². The molecule has 0 aliphatic carbocycles. The zero-order chi connectivity index (χ0) is 19.0. The molecule has 4 aromatic heterocycles. The lowest BCUT2D eigenvalue weighted by Crippen LogP contribution is -2.13. The highest BCUT2D eigenvalue weighted by atomic mass is 32.1. The van der Waals surface area contributed by atoms with Crippen LogP contribution in [-0.4, -0.2) is 30.8 Å².